The first-order valence-corrected chi connectivity index (χ1v) is 8.84. The molecule has 1 aromatic heterocycles. The lowest BCUT2D eigenvalue weighted by Crippen LogP contribution is -2.26. The summed E-state index contributed by atoms with van der Waals surface area (Å²) >= 11 is 1.56. The van der Waals surface area contributed by atoms with Crippen LogP contribution >= 0.6 is 11.3 Å². The summed E-state index contributed by atoms with van der Waals surface area (Å²) < 4.78 is 40.5. The largest absolute Gasteiger partial charge is 0.316 e. The fourth-order valence-corrected chi connectivity index (χ4v) is 3.72. The molecule has 0 unspecified atom stereocenters. The van der Waals surface area contributed by atoms with Crippen LogP contribution in [0.15, 0.2) is 40.6 Å². The SMILES string of the molecule is CNCc1ccc(S(=O)(=O)NCCc2cccs2)c(F)c1. The van der Waals surface area contributed by atoms with E-state index in [0.717, 1.165) is 4.88 Å². The summed E-state index contributed by atoms with van der Waals surface area (Å²) in [5.41, 5.74) is 0.701. The maximum absolute atomic E-state index is 13.9. The fraction of sp³-hybridized carbons (Fsp3) is 0.286. The molecule has 0 spiro atoms. The molecule has 2 aromatic rings. The van der Waals surface area contributed by atoms with Crippen LogP contribution in [0.3, 0.4) is 0 Å². The molecule has 0 saturated carbocycles. The van der Waals surface area contributed by atoms with E-state index >= 15 is 0 Å². The van der Waals surface area contributed by atoms with Gasteiger partial charge in [-0.25, -0.2) is 17.5 Å². The highest BCUT2D eigenvalue weighted by molar-refractivity contribution is 7.89. The molecule has 0 aliphatic carbocycles. The van der Waals surface area contributed by atoms with Crippen molar-refractivity contribution in [2.45, 2.75) is 17.9 Å². The number of nitrogens with one attached hydrogen (secondary N) is 2. The zero-order valence-corrected chi connectivity index (χ0v) is 13.2. The van der Waals surface area contributed by atoms with E-state index in [1.54, 1.807) is 24.5 Å². The molecule has 4 nitrogen and oxygen atoms in total. The van der Waals surface area contributed by atoms with E-state index in [4.69, 9.17) is 0 Å². The molecule has 2 N–H and O–H groups in total. The van der Waals surface area contributed by atoms with E-state index in [1.807, 2.05) is 17.5 Å². The van der Waals surface area contributed by atoms with E-state index in [2.05, 4.69) is 10.0 Å². The van der Waals surface area contributed by atoms with Gasteiger partial charge in [-0.05, 0) is 42.6 Å². The minimum Gasteiger partial charge on any atom is -0.316 e. The van der Waals surface area contributed by atoms with E-state index < -0.39 is 15.8 Å². The van der Waals surface area contributed by atoms with Crippen molar-refractivity contribution in [3.63, 3.8) is 0 Å². The number of rotatable bonds is 7. The topological polar surface area (TPSA) is 58.2 Å². The fourth-order valence-electron chi connectivity index (χ4n) is 1.92. The van der Waals surface area contributed by atoms with Crippen molar-refractivity contribution in [1.29, 1.82) is 0 Å². The number of thiophene rings is 1. The molecule has 0 fully saturated rings. The molecule has 7 heteroatoms. The third-order valence-corrected chi connectivity index (χ3v) is 5.34. The van der Waals surface area contributed by atoms with Gasteiger partial charge >= 0.3 is 0 Å². The highest BCUT2D eigenvalue weighted by Gasteiger charge is 2.18. The smallest absolute Gasteiger partial charge is 0.243 e. The molecule has 2 rings (SSSR count). The van der Waals surface area contributed by atoms with E-state index in [1.165, 1.54) is 12.1 Å². The van der Waals surface area contributed by atoms with Gasteiger partial charge in [-0.3, -0.25) is 0 Å². The zero-order chi connectivity index (χ0) is 15.3. The van der Waals surface area contributed by atoms with Crippen LogP contribution in [0.5, 0.6) is 0 Å². The second kappa shape index (κ2) is 7.13. The maximum Gasteiger partial charge on any atom is 0.243 e. The third kappa shape index (κ3) is 4.34. The first kappa shape index (κ1) is 16.1. The lowest BCUT2D eigenvalue weighted by molar-refractivity contribution is 0.556. The minimum absolute atomic E-state index is 0.251. The molecular formula is C14H17FN2O2S2. The molecule has 0 radical (unpaired) electrons. The number of hydrogen-bond donors (Lipinski definition) is 2. The number of hydrogen-bond acceptors (Lipinski definition) is 4. The summed E-state index contributed by atoms with van der Waals surface area (Å²) in [5, 5.41) is 4.82. The molecule has 0 saturated heterocycles. The van der Waals surface area contributed by atoms with Gasteiger partial charge < -0.3 is 5.32 Å². The van der Waals surface area contributed by atoms with Crippen LogP contribution in [-0.2, 0) is 23.0 Å². The molecule has 0 amide bonds. The van der Waals surface area contributed by atoms with E-state index in [0.29, 0.717) is 18.5 Å². The molecule has 114 valence electrons. The Bertz CT molecular complexity index is 685. The van der Waals surface area contributed by atoms with Crippen LogP contribution in [0.4, 0.5) is 4.39 Å². The van der Waals surface area contributed by atoms with Crippen molar-refractivity contribution in [2.75, 3.05) is 13.6 Å². The Morgan fingerprint density at radius 1 is 1.29 bits per heavy atom. The highest BCUT2D eigenvalue weighted by Crippen LogP contribution is 2.16. The normalized spacial score (nSPS) is 11.7. The maximum atomic E-state index is 13.9. The second-order valence-electron chi connectivity index (χ2n) is 4.52. The Labute approximate surface area is 128 Å². The standard InChI is InChI=1S/C14H17FN2O2S2/c1-16-10-11-4-5-14(13(15)9-11)21(18,19)17-7-6-12-3-2-8-20-12/h2-5,8-9,16-17H,6-7,10H2,1H3. The van der Waals surface area contributed by atoms with Crippen LogP contribution in [0, 0.1) is 5.82 Å². The Morgan fingerprint density at radius 3 is 2.71 bits per heavy atom. The van der Waals surface area contributed by atoms with Crippen LogP contribution in [0.2, 0.25) is 0 Å². The van der Waals surface area contributed by atoms with E-state index in [-0.39, 0.29) is 11.4 Å². The van der Waals surface area contributed by atoms with E-state index in [9.17, 15) is 12.8 Å². The average Bonchev–Trinajstić information content (AvgIpc) is 2.92. The number of benzene rings is 1. The van der Waals surface area contributed by atoms with Crippen LogP contribution in [0.1, 0.15) is 10.4 Å². The first-order chi connectivity index (χ1) is 10.0. The molecule has 0 bridgehead atoms. The molecule has 21 heavy (non-hydrogen) atoms. The molecule has 0 atom stereocenters. The van der Waals surface area contributed by atoms with Gasteiger partial charge in [0.05, 0.1) is 0 Å². The van der Waals surface area contributed by atoms with Crippen molar-refractivity contribution >= 4 is 21.4 Å². The van der Waals surface area contributed by atoms with Gasteiger partial charge in [0.1, 0.15) is 10.7 Å². The summed E-state index contributed by atoms with van der Waals surface area (Å²) in [7, 11) is -2.07. The van der Waals surface area contributed by atoms with Crippen molar-refractivity contribution in [3.05, 3.63) is 52.0 Å². The molecule has 1 aromatic carbocycles. The van der Waals surface area contributed by atoms with Gasteiger partial charge in [-0.2, -0.15) is 0 Å². The molecular weight excluding hydrogens is 311 g/mol. The van der Waals surface area contributed by atoms with Crippen molar-refractivity contribution in [2.24, 2.45) is 0 Å². The van der Waals surface area contributed by atoms with Gasteiger partial charge in [0.15, 0.2) is 0 Å². The summed E-state index contributed by atoms with van der Waals surface area (Å²) in [6.07, 6.45) is 0.594. The molecule has 0 aliphatic heterocycles. The monoisotopic (exact) mass is 328 g/mol. The Kier molecular flexibility index (Phi) is 5.46. The summed E-state index contributed by atoms with van der Waals surface area (Å²) in [6.45, 7) is 0.740. The summed E-state index contributed by atoms with van der Waals surface area (Å²) in [5.74, 6) is -0.730. The Hall–Kier alpha value is -1.28. The van der Waals surface area contributed by atoms with Crippen molar-refractivity contribution in [1.82, 2.24) is 10.0 Å². The summed E-state index contributed by atoms with van der Waals surface area (Å²) in [6, 6.07) is 7.99. The van der Waals surface area contributed by atoms with Gasteiger partial charge in [0.25, 0.3) is 0 Å². The lowest BCUT2D eigenvalue weighted by atomic mass is 10.2. The zero-order valence-electron chi connectivity index (χ0n) is 11.6. The molecule has 1 heterocycles. The number of sulfonamides is 1. The van der Waals surface area contributed by atoms with Crippen LogP contribution in [0.25, 0.3) is 0 Å². The minimum atomic E-state index is -3.82. The molecule has 0 aliphatic rings. The van der Waals surface area contributed by atoms with Gasteiger partial charge in [0, 0.05) is 18.0 Å². The summed E-state index contributed by atoms with van der Waals surface area (Å²) in [4.78, 5) is 0.774. The van der Waals surface area contributed by atoms with Crippen molar-refractivity contribution in [3.8, 4) is 0 Å². The predicted octanol–water partition coefficient (Wildman–Crippen LogP) is 2.13. The Balaban J connectivity index is 2.04. The second-order valence-corrected chi connectivity index (χ2v) is 7.29. The number of halogens is 1. The average molecular weight is 328 g/mol. The first-order valence-electron chi connectivity index (χ1n) is 6.48. The van der Waals surface area contributed by atoms with Crippen LogP contribution in [-0.4, -0.2) is 22.0 Å². The van der Waals surface area contributed by atoms with Gasteiger partial charge in [0.2, 0.25) is 10.0 Å². The van der Waals surface area contributed by atoms with Crippen LogP contribution < -0.4 is 10.0 Å². The quantitative estimate of drug-likeness (QED) is 0.818. The van der Waals surface area contributed by atoms with Gasteiger partial charge in [-0.1, -0.05) is 12.1 Å². The third-order valence-electron chi connectivity index (χ3n) is 2.91. The van der Waals surface area contributed by atoms with Crippen molar-refractivity contribution < 1.29 is 12.8 Å². The highest BCUT2D eigenvalue weighted by atomic mass is 32.2. The van der Waals surface area contributed by atoms with Gasteiger partial charge in [-0.15, -0.1) is 11.3 Å². The Morgan fingerprint density at radius 2 is 2.10 bits per heavy atom. The predicted molar refractivity (Wildman–Crippen MR) is 82.4 cm³/mol. The lowest BCUT2D eigenvalue weighted by Gasteiger charge is -2.08.